The summed E-state index contributed by atoms with van der Waals surface area (Å²) in [7, 11) is 0. The van der Waals surface area contributed by atoms with E-state index in [1.807, 2.05) is 0 Å². The van der Waals surface area contributed by atoms with Gasteiger partial charge in [-0.1, -0.05) is 15.9 Å². The summed E-state index contributed by atoms with van der Waals surface area (Å²) in [6.07, 6.45) is 1.16. The first-order chi connectivity index (χ1) is 7.63. The van der Waals surface area contributed by atoms with Crippen LogP contribution >= 0.6 is 15.9 Å². The molecule has 16 heavy (non-hydrogen) atoms. The summed E-state index contributed by atoms with van der Waals surface area (Å²) in [5.74, 6) is -0.547. The first kappa shape index (κ1) is 11.0. The smallest absolute Gasteiger partial charge is 0.352 e. The van der Waals surface area contributed by atoms with Crippen LogP contribution in [-0.2, 0) is 6.73 Å². The second-order valence-electron chi connectivity index (χ2n) is 3.02. The molecule has 0 amide bonds. The van der Waals surface area contributed by atoms with Gasteiger partial charge in [-0.15, -0.1) is 0 Å². The van der Waals surface area contributed by atoms with Crippen LogP contribution in [-0.4, -0.2) is 19.5 Å². The fourth-order valence-electron chi connectivity index (χ4n) is 1.28. The molecular weight excluding hydrogens is 281 g/mol. The number of benzene rings is 1. The fraction of sp³-hybridized carbons (Fsp3) is 0.111. The molecule has 0 saturated heterocycles. The van der Waals surface area contributed by atoms with E-state index in [-0.39, 0.29) is 5.69 Å². The lowest BCUT2D eigenvalue weighted by molar-refractivity contribution is 0.190. The number of rotatable bonds is 2. The zero-order valence-electron chi connectivity index (χ0n) is 7.97. The molecule has 1 N–H and O–H groups in total. The molecule has 5 nitrogen and oxygen atoms in total. The van der Waals surface area contributed by atoms with Gasteiger partial charge in [-0.25, -0.2) is 13.8 Å². The van der Waals surface area contributed by atoms with Crippen LogP contribution in [0.4, 0.5) is 4.39 Å². The lowest BCUT2D eigenvalue weighted by atomic mass is 10.3. The zero-order valence-corrected chi connectivity index (χ0v) is 9.56. The Balaban J connectivity index is 2.59. The Morgan fingerprint density at radius 2 is 2.25 bits per heavy atom. The van der Waals surface area contributed by atoms with Crippen LogP contribution in [0.15, 0.2) is 33.8 Å². The molecule has 1 heterocycles. The minimum Gasteiger partial charge on any atom is -0.374 e. The molecule has 1 aromatic heterocycles. The topological polar surface area (TPSA) is 60.0 Å². The maximum atomic E-state index is 13.5. The summed E-state index contributed by atoms with van der Waals surface area (Å²) in [6.45, 7) is -0.538. The van der Waals surface area contributed by atoms with Gasteiger partial charge in [-0.3, -0.25) is 0 Å². The molecule has 2 rings (SSSR count). The monoisotopic (exact) mass is 287 g/mol. The van der Waals surface area contributed by atoms with Crippen LogP contribution in [0.3, 0.4) is 0 Å². The van der Waals surface area contributed by atoms with E-state index < -0.39 is 18.2 Å². The van der Waals surface area contributed by atoms with E-state index in [4.69, 9.17) is 5.11 Å². The van der Waals surface area contributed by atoms with Gasteiger partial charge >= 0.3 is 5.69 Å². The second-order valence-corrected chi connectivity index (χ2v) is 3.94. The predicted octanol–water partition coefficient (Wildman–Crippen LogP) is 0.885. The van der Waals surface area contributed by atoms with Crippen LogP contribution in [0.1, 0.15) is 0 Å². The van der Waals surface area contributed by atoms with E-state index >= 15 is 0 Å². The van der Waals surface area contributed by atoms with Crippen LogP contribution in [0.5, 0.6) is 0 Å². The Morgan fingerprint density at radius 1 is 1.50 bits per heavy atom. The van der Waals surface area contributed by atoms with Gasteiger partial charge < -0.3 is 5.11 Å². The highest BCUT2D eigenvalue weighted by atomic mass is 79.9. The maximum absolute atomic E-state index is 13.5. The summed E-state index contributed by atoms with van der Waals surface area (Å²) in [5.41, 5.74) is -0.503. The van der Waals surface area contributed by atoms with Crippen molar-refractivity contribution >= 4 is 15.9 Å². The third-order valence-electron chi connectivity index (χ3n) is 2.04. The fourth-order valence-corrected chi connectivity index (χ4v) is 1.61. The molecule has 84 valence electrons. The van der Waals surface area contributed by atoms with Crippen LogP contribution in [0.25, 0.3) is 5.69 Å². The average molecular weight is 288 g/mol. The highest BCUT2D eigenvalue weighted by Gasteiger charge is 2.10. The molecule has 7 heteroatoms. The minimum atomic E-state index is -0.594. The highest BCUT2D eigenvalue weighted by Crippen LogP contribution is 2.17. The molecule has 2 aromatic rings. The lowest BCUT2D eigenvalue weighted by Gasteiger charge is -2.02. The van der Waals surface area contributed by atoms with Gasteiger partial charge in [0.15, 0.2) is 0 Å². The van der Waals surface area contributed by atoms with Gasteiger partial charge in [0, 0.05) is 4.47 Å². The quantitative estimate of drug-likeness (QED) is 0.892. The maximum Gasteiger partial charge on any atom is 0.352 e. The largest absolute Gasteiger partial charge is 0.374 e. The van der Waals surface area contributed by atoms with Gasteiger partial charge in [-0.05, 0) is 18.2 Å². The molecule has 0 radical (unpaired) electrons. The van der Waals surface area contributed by atoms with Gasteiger partial charge in [0.25, 0.3) is 0 Å². The number of aromatic nitrogens is 3. The van der Waals surface area contributed by atoms with Crippen molar-refractivity contribution < 1.29 is 9.50 Å². The summed E-state index contributed by atoms with van der Waals surface area (Å²) in [6, 6.07) is 4.31. The number of aliphatic hydroxyl groups is 1. The Bertz CT molecular complexity index is 578. The first-order valence-electron chi connectivity index (χ1n) is 4.34. The van der Waals surface area contributed by atoms with E-state index in [1.54, 1.807) is 6.07 Å². The Kier molecular flexibility index (Phi) is 2.88. The summed E-state index contributed by atoms with van der Waals surface area (Å²) < 4.78 is 16.0. The van der Waals surface area contributed by atoms with E-state index in [1.165, 1.54) is 12.1 Å². The van der Waals surface area contributed by atoms with Gasteiger partial charge in [-0.2, -0.15) is 9.78 Å². The lowest BCUT2D eigenvalue weighted by Crippen LogP contribution is -2.24. The van der Waals surface area contributed by atoms with Gasteiger partial charge in [0.2, 0.25) is 0 Å². The van der Waals surface area contributed by atoms with Crippen molar-refractivity contribution in [3.05, 3.63) is 45.3 Å². The van der Waals surface area contributed by atoms with Crippen LogP contribution < -0.4 is 5.69 Å². The number of nitrogens with zero attached hydrogens (tertiary/aromatic N) is 3. The van der Waals surface area contributed by atoms with Gasteiger partial charge in [0.1, 0.15) is 18.9 Å². The standard InChI is InChI=1S/C9H7BrFN3O2/c10-6-1-2-8(7(11)3-6)13-4-12-14(5-15)9(13)16/h1-4,15H,5H2. The van der Waals surface area contributed by atoms with E-state index in [0.29, 0.717) is 4.47 Å². The van der Waals surface area contributed by atoms with Crippen molar-refractivity contribution in [2.75, 3.05) is 0 Å². The predicted molar refractivity (Wildman–Crippen MR) is 57.7 cm³/mol. The van der Waals surface area contributed by atoms with Crippen molar-refractivity contribution in [2.24, 2.45) is 0 Å². The average Bonchev–Trinajstić information content (AvgIpc) is 2.60. The molecule has 0 aliphatic heterocycles. The molecule has 1 aromatic carbocycles. The number of hydrogen-bond acceptors (Lipinski definition) is 3. The third-order valence-corrected chi connectivity index (χ3v) is 2.53. The molecule has 0 atom stereocenters. The SMILES string of the molecule is O=c1n(-c2ccc(Br)cc2F)cnn1CO. The van der Waals surface area contributed by atoms with E-state index in [9.17, 15) is 9.18 Å². The van der Waals surface area contributed by atoms with Crippen LogP contribution in [0.2, 0.25) is 0 Å². The molecule has 0 bridgehead atoms. The van der Waals surface area contributed by atoms with Crippen molar-refractivity contribution in [1.82, 2.24) is 14.3 Å². The molecule has 0 saturated carbocycles. The number of halogens is 2. The molecular formula is C9H7BrFN3O2. The molecule has 0 unspecified atom stereocenters. The minimum absolute atomic E-state index is 0.0906. The molecule has 0 aliphatic carbocycles. The number of hydrogen-bond donors (Lipinski definition) is 1. The molecule has 0 spiro atoms. The number of aliphatic hydroxyl groups excluding tert-OH is 1. The summed E-state index contributed by atoms with van der Waals surface area (Å²) in [4.78, 5) is 11.6. The summed E-state index contributed by atoms with van der Waals surface area (Å²) in [5, 5.41) is 12.4. The van der Waals surface area contributed by atoms with E-state index in [0.717, 1.165) is 15.6 Å². The first-order valence-corrected chi connectivity index (χ1v) is 5.13. The van der Waals surface area contributed by atoms with Crippen LogP contribution in [0, 0.1) is 5.82 Å². The van der Waals surface area contributed by atoms with Gasteiger partial charge in [0.05, 0.1) is 5.69 Å². The Hall–Kier alpha value is -1.47. The normalized spacial score (nSPS) is 10.7. The summed E-state index contributed by atoms with van der Waals surface area (Å²) >= 11 is 3.12. The second kappa shape index (κ2) is 4.18. The Morgan fingerprint density at radius 3 is 2.81 bits per heavy atom. The van der Waals surface area contributed by atoms with Crippen molar-refractivity contribution in [3.8, 4) is 5.69 Å². The third kappa shape index (κ3) is 1.79. The van der Waals surface area contributed by atoms with Crippen molar-refractivity contribution in [3.63, 3.8) is 0 Å². The highest BCUT2D eigenvalue weighted by molar-refractivity contribution is 9.10. The van der Waals surface area contributed by atoms with Crippen molar-refractivity contribution in [2.45, 2.75) is 6.73 Å². The zero-order chi connectivity index (χ0) is 11.7. The van der Waals surface area contributed by atoms with E-state index in [2.05, 4.69) is 21.0 Å². The van der Waals surface area contributed by atoms with Crippen molar-refractivity contribution in [1.29, 1.82) is 0 Å². The molecule has 0 aliphatic rings. The Labute approximate surface area is 97.9 Å². The molecule has 0 fully saturated rings.